The van der Waals surface area contributed by atoms with Crippen molar-refractivity contribution in [3.05, 3.63) is 47.9 Å². The van der Waals surface area contributed by atoms with Crippen LogP contribution in [0.15, 0.2) is 36.7 Å². The van der Waals surface area contributed by atoms with Gasteiger partial charge in [-0.2, -0.15) is 0 Å². The van der Waals surface area contributed by atoms with E-state index < -0.39 is 0 Å². The second kappa shape index (κ2) is 6.14. The highest BCUT2D eigenvalue weighted by Gasteiger charge is 2.12. The highest BCUT2D eigenvalue weighted by atomic mass is 16.1. The molecule has 20 heavy (non-hydrogen) atoms. The molecule has 1 amide bonds. The van der Waals surface area contributed by atoms with Crippen molar-refractivity contribution >= 4 is 17.4 Å². The predicted molar refractivity (Wildman–Crippen MR) is 79.5 cm³/mol. The quantitative estimate of drug-likeness (QED) is 0.895. The van der Waals surface area contributed by atoms with Gasteiger partial charge in [-0.15, -0.1) is 0 Å². The largest absolute Gasteiger partial charge is 0.382 e. The van der Waals surface area contributed by atoms with Gasteiger partial charge >= 0.3 is 0 Å². The molecule has 0 saturated carbocycles. The lowest BCUT2D eigenvalue weighted by Crippen LogP contribution is -2.16. The van der Waals surface area contributed by atoms with Gasteiger partial charge in [-0.3, -0.25) is 4.79 Å². The zero-order valence-corrected chi connectivity index (χ0v) is 11.6. The predicted octanol–water partition coefficient (Wildman–Crippen LogP) is 2.82. The third-order valence-corrected chi connectivity index (χ3v) is 3.29. The van der Waals surface area contributed by atoms with Crippen molar-refractivity contribution in [2.45, 2.75) is 26.2 Å². The molecule has 5 nitrogen and oxygen atoms in total. The van der Waals surface area contributed by atoms with E-state index in [1.165, 1.54) is 18.0 Å². The third kappa shape index (κ3) is 3.12. The molecule has 0 bridgehead atoms. The van der Waals surface area contributed by atoms with Crippen LogP contribution >= 0.6 is 0 Å². The SMILES string of the molecule is CC[C@H](C)c1ccc(NC(=O)c2nccnc2N)cc1. The molecule has 0 spiro atoms. The maximum absolute atomic E-state index is 12.0. The number of nitrogens with one attached hydrogen (secondary N) is 1. The van der Waals surface area contributed by atoms with Crippen LogP contribution in [0.5, 0.6) is 0 Å². The Kier molecular flexibility index (Phi) is 4.30. The van der Waals surface area contributed by atoms with Gasteiger partial charge in [0.1, 0.15) is 0 Å². The first-order valence-corrected chi connectivity index (χ1v) is 6.59. The monoisotopic (exact) mass is 270 g/mol. The van der Waals surface area contributed by atoms with Gasteiger partial charge in [0.15, 0.2) is 11.5 Å². The van der Waals surface area contributed by atoms with Crippen LogP contribution in [0.2, 0.25) is 0 Å². The van der Waals surface area contributed by atoms with Gasteiger partial charge < -0.3 is 11.1 Å². The molecule has 0 saturated heterocycles. The standard InChI is InChI=1S/C15H18N4O/c1-3-10(2)11-4-6-12(7-5-11)19-15(20)13-14(16)18-9-8-17-13/h4-10H,3H2,1-2H3,(H2,16,18)(H,19,20)/t10-/m0/s1. The molecule has 2 aromatic rings. The van der Waals surface area contributed by atoms with Crippen molar-refractivity contribution < 1.29 is 4.79 Å². The molecule has 1 aromatic heterocycles. The number of anilines is 2. The van der Waals surface area contributed by atoms with Gasteiger partial charge in [0.25, 0.3) is 5.91 Å². The van der Waals surface area contributed by atoms with Crippen LogP contribution in [-0.2, 0) is 0 Å². The zero-order valence-electron chi connectivity index (χ0n) is 11.6. The number of carbonyl (C=O) groups excluding carboxylic acids is 1. The summed E-state index contributed by atoms with van der Waals surface area (Å²) < 4.78 is 0. The van der Waals surface area contributed by atoms with E-state index in [1.54, 1.807) is 0 Å². The summed E-state index contributed by atoms with van der Waals surface area (Å²) in [4.78, 5) is 19.8. The number of benzene rings is 1. The average molecular weight is 270 g/mol. The molecular weight excluding hydrogens is 252 g/mol. The van der Waals surface area contributed by atoms with Crippen LogP contribution in [0, 0.1) is 0 Å². The first kappa shape index (κ1) is 14.0. The topological polar surface area (TPSA) is 80.9 Å². The fourth-order valence-electron chi connectivity index (χ4n) is 1.84. The van der Waals surface area contributed by atoms with Crippen molar-refractivity contribution in [1.82, 2.24) is 9.97 Å². The van der Waals surface area contributed by atoms with Gasteiger partial charge in [-0.05, 0) is 30.0 Å². The minimum Gasteiger partial charge on any atom is -0.382 e. The van der Waals surface area contributed by atoms with Crippen LogP contribution in [0.25, 0.3) is 0 Å². The number of carbonyl (C=O) groups is 1. The van der Waals surface area contributed by atoms with E-state index in [-0.39, 0.29) is 17.4 Å². The van der Waals surface area contributed by atoms with Crippen molar-refractivity contribution in [1.29, 1.82) is 0 Å². The summed E-state index contributed by atoms with van der Waals surface area (Å²) in [6.45, 7) is 4.32. The van der Waals surface area contributed by atoms with E-state index in [4.69, 9.17) is 5.73 Å². The molecule has 1 heterocycles. The maximum Gasteiger partial charge on any atom is 0.278 e. The van der Waals surface area contributed by atoms with Crippen molar-refractivity contribution in [2.24, 2.45) is 0 Å². The summed E-state index contributed by atoms with van der Waals surface area (Å²) in [7, 11) is 0. The highest BCUT2D eigenvalue weighted by molar-refractivity contribution is 6.05. The van der Waals surface area contributed by atoms with Crippen molar-refractivity contribution in [2.75, 3.05) is 11.1 Å². The molecule has 0 aliphatic heterocycles. The smallest absolute Gasteiger partial charge is 0.278 e. The molecule has 0 aliphatic rings. The second-order valence-corrected chi connectivity index (χ2v) is 4.68. The number of hydrogen-bond acceptors (Lipinski definition) is 4. The Morgan fingerprint density at radius 1 is 1.25 bits per heavy atom. The third-order valence-electron chi connectivity index (χ3n) is 3.29. The Morgan fingerprint density at radius 3 is 2.50 bits per heavy atom. The van der Waals surface area contributed by atoms with Crippen LogP contribution in [0.3, 0.4) is 0 Å². The van der Waals surface area contributed by atoms with Gasteiger partial charge in [0.05, 0.1) is 0 Å². The summed E-state index contributed by atoms with van der Waals surface area (Å²) in [6, 6.07) is 7.80. The van der Waals surface area contributed by atoms with Crippen molar-refractivity contribution in [3.63, 3.8) is 0 Å². The average Bonchev–Trinajstić information content (AvgIpc) is 2.47. The molecule has 104 valence electrons. The maximum atomic E-state index is 12.0. The molecule has 0 radical (unpaired) electrons. The van der Waals surface area contributed by atoms with Crippen LogP contribution < -0.4 is 11.1 Å². The Labute approximate surface area is 118 Å². The van der Waals surface area contributed by atoms with E-state index in [9.17, 15) is 4.79 Å². The van der Waals surface area contributed by atoms with E-state index in [1.807, 2.05) is 24.3 Å². The van der Waals surface area contributed by atoms with E-state index in [0.717, 1.165) is 6.42 Å². The van der Waals surface area contributed by atoms with Crippen molar-refractivity contribution in [3.8, 4) is 0 Å². The number of rotatable bonds is 4. The number of amides is 1. The molecule has 0 unspecified atom stereocenters. The highest BCUT2D eigenvalue weighted by Crippen LogP contribution is 2.20. The number of aromatic nitrogens is 2. The Bertz CT molecular complexity index is 595. The van der Waals surface area contributed by atoms with Gasteiger partial charge in [0, 0.05) is 18.1 Å². The minimum absolute atomic E-state index is 0.126. The number of nitrogens with two attached hydrogens (primary N) is 1. The molecule has 0 aliphatic carbocycles. The normalized spacial score (nSPS) is 11.9. The zero-order chi connectivity index (χ0) is 14.5. The van der Waals surface area contributed by atoms with E-state index in [0.29, 0.717) is 11.6 Å². The fourth-order valence-corrected chi connectivity index (χ4v) is 1.84. The second-order valence-electron chi connectivity index (χ2n) is 4.68. The number of nitrogen functional groups attached to an aromatic ring is 1. The summed E-state index contributed by atoms with van der Waals surface area (Å²) in [5, 5.41) is 2.76. The van der Waals surface area contributed by atoms with Crippen LogP contribution in [0.4, 0.5) is 11.5 Å². The van der Waals surface area contributed by atoms with Gasteiger partial charge in [0.2, 0.25) is 0 Å². The fraction of sp³-hybridized carbons (Fsp3) is 0.267. The molecule has 2 rings (SSSR count). The van der Waals surface area contributed by atoms with Crippen LogP contribution in [0.1, 0.15) is 42.2 Å². The number of nitrogens with zero attached hydrogens (tertiary/aromatic N) is 2. The molecule has 1 aromatic carbocycles. The molecule has 3 N–H and O–H groups in total. The minimum atomic E-state index is -0.355. The lowest BCUT2D eigenvalue weighted by Gasteiger charge is -2.10. The molecule has 0 fully saturated rings. The Hall–Kier alpha value is -2.43. The van der Waals surface area contributed by atoms with Gasteiger partial charge in [-0.25, -0.2) is 9.97 Å². The summed E-state index contributed by atoms with van der Waals surface area (Å²) in [5.74, 6) is 0.281. The summed E-state index contributed by atoms with van der Waals surface area (Å²) in [5.41, 5.74) is 7.73. The number of hydrogen-bond donors (Lipinski definition) is 2. The molecule has 5 heteroatoms. The van der Waals surface area contributed by atoms with E-state index >= 15 is 0 Å². The summed E-state index contributed by atoms with van der Waals surface area (Å²) in [6.07, 6.45) is 3.98. The van der Waals surface area contributed by atoms with E-state index in [2.05, 4.69) is 29.1 Å². The Morgan fingerprint density at radius 2 is 1.90 bits per heavy atom. The molecule has 1 atom stereocenters. The molecular formula is C15H18N4O. The van der Waals surface area contributed by atoms with Crippen LogP contribution in [-0.4, -0.2) is 15.9 Å². The lowest BCUT2D eigenvalue weighted by molar-refractivity contribution is 0.102. The lowest BCUT2D eigenvalue weighted by atomic mass is 9.99. The van der Waals surface area contributed by atoms with Gasteiger partial charge in [-0.1, -0.05) is 26.0 Å². The first-order valence-electron chi connectivity index (χ1n) is 6.59. The Balaban J connectivity index is 2.11. The summed E-state index contributed by atoms with van der Waals surface area (Å²) >= 11 is 0. The first-order chi connectivity index (χ1) is 9.61.